The minimum absolute atomic E-state index is 0.0744. The third-order valence-electron chi connectivity index (χ3n) is 5.29. The molecule has 4 rings (SSSR count). The second-order valence-electron chi connectivity index (χ2n) is 7.42. The van der Waals surface area contributed by atoms with E-state index in [1.54, 1.807) is 23.5 Å². The number of amides is 2. The molecule has 1 fully saturated rings. The monoisotopic (exact) mass is 490 g/mol. The Morgan fingerprint density at radius 3 is 2.66 bits per heavy atom. The Bertz CT molecular complexity index is 1140. The third-order valence-corrected chi connectivity index (χ3v) is 6.80. The van der Waals surface area contributed by atoms with E-state index < -0.39 is 0 Å². The van der Waals surface area contributed by atoms with Gasteiger partial charge in [-0.2, -0.15) is 5.10 Å². The highest BCUT2D eigenvalue weighted by Crippen LogP contribution is 2.23. The molecule has 2 amide bonds. The first-order valence-electron chi connectivity index (χ1n) is 10.2. The maximum atomic E-state index is 12.7. The number of nitrogens with zero attached hydrogens (tertiary/aromatic N) is 4. The second-order valence-corrected chi connectivity index (χ2v) is 9.16. The lowest BCUT2D eigenvalue weighted by Gasteiger charge is -2.34. The van der Waals surface area contributed by atoms with Crippen LogP contribution in [0.4, 0.5) is 5.69 Å². The van der Waals surface area contributed by atoms with Crippen molar-refractivity contribution in [1.29, 1.82) is 0 Å². The van der Waals surface area contributed by atoms with E-state index in [0.29, 0.717) is 54.6 Å². The highest BCUT2D eigenvalue weighted by atomic mass is 35.5. The maximum Gasteiger partial charge on any atom is 0.238 e. The fourth-order valence-corrected chi connectivity index (χ4v) is 4.72. The summed E-state index contributed by atoms with van der Waals surface area (Å²) in [6.45, 7) is 3.21. The van der Waals surface area contributed by atoms with Crippen LogP contribution in [-0.2, 0) is 16.1 Å². The van der Waals surface area contributed by atoms with Crippen molar-refractivity contribution in [3.63, 3.8) is 0 Å². The minimum atomic E-state index is -0.117. The lowest BCUT2D eigenvalue weighted by atomic mass is 10.2. The van der Waals surface area contributed by atoms with E-state index in [2.05, 4.69) is 15.5 Å². The summed E-state index contributed by atoms with van der Waals surface area (Å²) < 4.78 is 2.38. The van der Waals surface area contributed by atoms with Crippen molar-refractivity contribution < 1.29 is 9.59 Å². The second kappa shape index (κ2) is 10.4. The number of para-hydroxylation sites is 1. The molecule has 1 saturated heterocycles. The SMILES string of the molecule is O=C(CN1CCN(C(=O)CCn2c(-c3cccs3)n[nH]c2=S)CC1)Nc1ccccc1Cl. The average molecular weight is 491 g/mol. The Balaban J connectivity index is 1.25. The van der Waals surface area contributed by atoms with E-state index in [1.807, 2.05) is 44.0 Å². The Kier molecular flexibility index (Phi) is 7.36. The lowest BCUT2D eigenvalue weighted by Crippen LogP contribution is -2.50. The van der Waals surface area contributed by atoms with Crippen LogP contribution in [0.1, 0.15) is 6.42 Å². The van der Waals surface area contributed by atoms with Gasteiger partial charge in [0, 0.05) is 39.1 Å². The molecule has 0 unspecified atom stereocenters. The number of rotatable bonds is 7. The molecule has 1 aliphatic heterocycles. The van der Waals surface area contributed by atoms with Gasteiger partial charge in [-0.3, -0.25) is 24.2 Å². The van der Waals surface area contributed by atoms with Crippen LogP contribution in [-0.4, -0.2) is 69.1 Å². The molecule has 8 nitrogen and oxygen atoms in total. The fraction of sp³-hybridized carbons (Fsp3) is 0.333. The molecule has 0 bridgehead atoms. The number of H-pyrrole nitrogens is 1. The van der Waals surface area contributed by atoms with Crippen molar-refractivity contribution >= 4 is 52.7 Å². The zero-order valence-electron chi connectivity index (χ0n) is 17.3. The number of anilines is 1. The quantitative estimate of drug-likeness (QED) is 0.495. The molecule has 0 atom stereocenters. The van der Waals surface area contributed by atoms with Gasteiger partial charge >= 0.3 is 0 Å². The van der Waals surface area contributed by atoms with Gasteiger partial charge in [-0.1, -0.05) is 29.8 Å². The Hall–Kier alpha value is -2.53. The lowest BCUT2D eigenvalue weighted by molar-refractivity contribution is -0.133. The van der Waals surface area contributed by atoms with Gasteiger partial charge in [-0.05, 0) is 35.8 Å². The van der Waals surface area contributed by atoms with Gasteiger partial charge in [0.05, 0.1) is 22.1 Å². The summed E-state index contributed by atoms with van der Waals surface area (Å²) in [6, 6.07) is 11.1. The van der Waals surface area contributed by atoms with Crippen molar-refractivity contribution in [2.75, 3.05) is 38.0 Å². The van der Waals surface area contributed by atoms with Gasteiger partial charge in [0.25, 0.3) is 0 Å². The molecule has 0 aliphatic carbocycles. The number of nitrogens with one attached hydrogen (secondary N) is 2. The standard InChI is InChI=1S/C21H23ClN6O2S2/c22-15-4-1-2-5-16(15)23-18(29)14-26-9-11-27(12-10-26)19(30)7-8-28-20(24-25-21(28)31)17-6-3-13-32-17/h1-6,13H,7-12,14H2,(H,23,29)(H,25,31). The highest BCUT2D eigenvalue weighted by Gasteiger charge is 2.23. The number of hydrogen-bond acceptors (Lipinski definition) is 6. The van der Waals surface area contributed by atoms with E-state index in [9.17, 15) is 9.59 Å². The molecule has 0 saturated carbocycles. The molecule has 32 heavy (non-hydrogen) atoms. The normalized spacial score (nSPS) is 14.5. The Morgan fingerprint density at radius 1 is 1.16 bits per heavy atom. The van der Waals surface area contributed by atoms with E-state index in [4.69, 9.17) is 23.8 Å². The smallest absolute Gasteiger partial charge is 0.238 e. The summed E-state index contributed by atoms with van der Waals surface area (Å²) in [7, 11) is 0. The van der Waals surface area contributed by atoms with E-state index in [0.717, 1.165) is 10.7 Å². The van der Waals surface area contributed by atoms with Crippen LogP contribution >= 0.6 is 35.2 Å². The molecular weight excluding hydrogens is 468 g/mol. The number of aromatic amines is 1. The topological polar surface area (TPSA) is 86.3 Å². The largest absolute Gasteiger partial charge is 0.340 e. The predicted molar refractivity (Wildman–Crippen MR) is 128 cm³/mol. The first kappa shape index (κ1) is 22.7. The van der Waals surface area contributed by atoms with Crippen LogP contribution in [0.25, 0.3) is 10.7 Å². The first-order valence-corrected chi connectivity index (χ1v) is 11.9. The van der Waals surface area contributed by atoms with Crippen LogP contribution in [0.15, 0.2) is 41.8 Å². The van der Waals surface area contributed by atoms with Crippen LogP contribution in [0.2, 0.25) is 5.02 Å². The minimum Gasteiger partial charge on any atom is -0.340 e. The number of halogens is 1. The van der Waals surface area contributed by atoms with Crippen LogP contribution in [0.5, 0.6) is 0 Å². The average Bonchev–Trinajstić information content (AvgIpc) is 3.44. The number of thiophene rings is 1. The van der Waals surface area contributed by atoms with Crippen molar-refractivity contribution in [3.8, 4) is 10.7 Å². The summed E-state index contributed by atoms with van der Waals surface area (Å²) in [4.78, 5) is 30.0. The molecule has 0 radical (unpaired) electrons. The fourth-order valence-electron chi connectivity index (χ4n) is 3.60. The van der Waals surface area contributed by atoms with Crippen LogP contribution in [0.3, 0.4) is 0 Å². The molecule has 3 heterocycles. The third kappa shape index (κ3) is 5.44. The molecule has 1 aliphatic rings. The molecule has 2 aromatic heterocycles. The summed E-state index contributed by atoms with van der Waals surface area (Å²) in [6.07, 6.45) is 0.346. The van der Waals surface area contributed by atoms with Crippen molar-refractivity contribution in [2.45, 2.75) is 13.0 Å². The molecule has 11 heteroatoms. The first-order chi connectivity index (χ1) is 15.5. The Morgan fingerprint density at radius 2 is 1.94 bits per heavy atom. The summed E-state index contributed by atoms with van der Waals surface area (Å²) in [5.74, 6) is 0.714. The Labute approximate surface area is 199 Å². The van der Waals surface area contributed by atoms with Crippen LogP contribution < -0.4 is 5.32 Å². The predicted octanol–water partition coefficient (Wildman–Crippen LogP) is 3.50. The summed E-state index contributed by atoms with van der Waals surface area (Å²) >= 11 is 13.0. The number of aromatic nitrogens is 3. The molecule has 1 aromatic carbocycles. The van der Waals surface area contributed by atoms with E-state index in [-0.39, 0.29) is 18.4 Å². The zero-order chi connectivity index (χ0) is 22.5. The van der Waals surface area contributed by atoms with Gasteiger partial charge in [0.2, 0.25) is 11.8 Å². The molecule has 3 aromatic rings. The number of piperazine rings is 1. The van der Waals surface area contributed by atoms with Gasteiger partial charge in [-0.25, -0.2) is 0 Å². The van der Waals surface area contributed by atoms with Crippen molar-refractivity contribution in [2.24, 2.45) is 0 Å². The van der Waals surface area contributed by atoms with E-state index in [1.165, 1.54) is 0 Å². The number of hydrogen-bond donors (Lipinski definition) is 2. The molecule has 168 valence electrons. The number of carbonyl (C=O) groups is 2. The molecule has 0 spiro atoms. The molecular formula is C21H23ClN6O2S2. The number of benzene rings is 1. The zero-order valence-corrected chi connectivity index (χ0v) is 19.7. The molecule has 2 N–H and O–H groups in total. The van der Waals surface area contributed by atoms with Crippen LogP contribution in [0, 0.1) is 4.77 Å². The van der Waals surface area contributed by atoms with Gasteiger partial charge < -0.3 is 10.2 Å². The highest BCUT2D eigenvalue weighted by molar-refractivity contribution is 7.71. The summed E-state index contributed by atoms with van der Waals surface area (Å²) in [5, 5.41) is 12.4. The number of carbonyl (C=O) groups excluding carboxylic acids is 2. The van der Waals surface area contributed by atoms with Gasteiger partial charge in [-0.15, -0.1) is 11.3 Å². The van der Waals surface area contributed by atoms with Crippen molar-refractivity contribution in [1.82, 2.24) is 24.6 Å². The van der Waals surface area contributed by atoms with Crippen molar-refractivity contribution in [3.05, 3.63) is 51.6 Å². The van der Waals surface area contributed by atoms with Gasteiger partial charge in [0.1, 0.15) is 0 Å². The van der Waals surface area contributed by atoms with E-state index >= 15 is 0 Å². The van der Waals surface area contributed by atoms with Gasteiger partial charge in [0.15, 0.2) is 10.6 Å². The summed E-state index contributed by atoms with van der Waals surface area (Å²) in [5.41, 5.74) is 0.604. The maximum absolute atomic E-state index is 12.7.